The van der Waals surface area contributed by atoms with Gasteiger partial charge in [-0.15, -0.1) is 0 Å². The molecule has 4 heteroatoms. The Labute approximate surface area is 80.8 Å². The Morgan fingerprint density at radius 3 is 2.71 bits per heavy atom. The summed E-state index contributed by atoms with van der Waals surface area (Å²) in [7, 11) is 0. The average Bonchev–Trinajstić information content (AvgIpc) is 2.46. The van der Waals surface area contributed by atoms with Crippen molar-refractivity contribution in [3.63, 3.8) is 0 Å². The van der Waals surface area contributed by atoms with Gasteiger partial charge in [0.05, 0.1) is 6.42 Å². The van der Waals surface area contributed by atoms with Crippen LogP contribution in [0.5, 0.6) is 0 Å². The number of hydrazone groups is 1. The number of rotatable bonds is 1. The third-order valence-corrected chi connectivity index (χ3v) is 1.99. The van der Waals surface area contributed by atoms with Crippen molar-refractivity contribution >= 4 is 17.3 Å². The molecule has 2 rings (SSSR count). The molecule has 0 bridgehead atoms. The van der Waals surface area contributed by atoms with E-state index in [2.05, 4.69) is 5.10 Å². The standard InChI is InChI=1S/C10H9FN2O/c1-7-6-10(14)13(12-7)9-5-3-2-4-8(9)11/h2-5H,6H2,1H3. The molecule has 3 nitrogen and oxygen atoms in total. The largest absolute Gasteiger partial charge is 0.272 e. The molecule has 72 valence electrons. The fraction of sp³-hybridized carbons (Fsp3) is 0.200. The predicted octanol–water partition coefficient (Wildman–Crippen LogP) is 1.94. The number of hydrogen-bond acceptors (Lipinski definition) is 2. The zero-order valence-electron chi connectivity index (χ0n) is 7.70. The summed E-state index contributed by atoms with van der Waals surface area (Å²) in [6.45, 7) is 1.75. The van der Waals surface area contributed by atoms with E-state index in [-0.39, 0.29) is 18.0 Å². The summed E-state index contributed by atoms with van der Waals surface area (Å²) in [5.41, 5.74) is 0.924. The van der Waals surface area contributed by atoms with Crippen molar-refractivity contribution in [1.29, 1.82) is 0 Å². The second kappa shape index (κ2) is 3.21. The first-order valence-electron chi connectivity index (χ1n) is 4.30. The summed E-state index contributed by atoms with van der Waals surface area (Å²) < 4.78 is 13.3. The van der Waals surface area contributed by atoms with E-state index in [4.69, 9.17) is 0 Å². The van der Waals surface area contributed by atoms with Crippen molar-refractivity contribution in [2.75, 3.05) is 5.01 Å². The van der Waals surface area contributed by atoms with Gasteiger partial charge in [0.25, 0.3) is 5.91 Å². The molecule has 0 N–H and O–H groups in total. The molecule has 0 aromatic heterocycles. The van der Waals surface area contributed by atoms with Crippen molar-refractivity contribution in [3.8, 4) is 0 Å². The molecule has 0 radical (unpaired) electrons. The molecule has 0 unspecified atom stereocenters. The predicted molar refractivity (Wildman–Crippen MR) is 51.6 cm³/mol. The van der Waals surface area contributed by atoms with E-state index in [1.54, 1.807) is 19.1 Å². The average molecular weight is 192 g/mol. The van der Waals surface area contributed by atoms with Crippen LogP contribution in [0.2, 0.25) is 0 Å². The SMILES string of the molecule is CC1=NN(c2ccccc2F)C(=O)C1. The van der Waals surface area contributed by atoms with Crippen molar-refractivity contribution in [2.45, 2.75) is 13.3 Å². The summed E-state index contributed by atoms with van der Waals surface area (Å²) in [4.78, 5) is 11.4. The zero-order chi connectivity index (χ0) is 10.1. The van der Waals surface area contributed by atoms with Gasteiger partial charge in [0.1, 0.15) is 11.5 Å². The highest BCUT2D eigenvalue weighted by Gasteiger charge is 2.24. The highest BCUT2D eigenvalue weighted by Crippen LogP contribution is 2.23. The Hall–Kier alpha value is -1.71. The highest BCUT2D eigenvalue weighted by atomic mass is 19.1. The number of anilines is 1. The molecule has 1 heterocycles. The first-order chi connectivity index (χ1) is 6.68. The van der Waals surface area contributed by atoms with Gasteiger partial charge in [-0.3, -0.25) is 4.79 Å². The van der Waals surface area contributed by atoms with E-state index in [0.717, 1.165) is 5.01 Å². The minimum atomic E-state index is -0.431. The van der Waals surface area contributed by atoms with Crippen molar-refractivity contribution in [3.05, 3.63) is 30.1 Å². The molecule has 1 aromatic rings. The maximum atomic E-state index is 13.3. The van der Waals surface area contributed by atoms with Crippen LogP contribution in [0.25, 0.3) is 0 Å². The van der Waals surface area contributed by atoms with Gasteiger partial charge in [-0.05, 0) is 19.1 Å². The zero-order valence-corrected chi connectivity index (χ0v) is 7.70. The molecule has 0 saturated carbocycles. The third kappa shape index (κ3) is 1.39. The molecule has 0 saturated heterocycles. The molecule has 1 aliphatic heterocycles. The molecular weight excluding hydrogens is 183 g/mol. The fourth-order valence-electron chi connectivity index (χ4n) is 1.37. The number of halogens is 1. The van der Waals surface area contributed by atoms with E-state index < -0.39 is 5.82 Å². The van der Waals surface area contributed by atoms with Crippen LogP contribution in [-0.4, -0.2) is 11.6 Å². The maximum Gasteiger partial charge on any atom is 0.253 e. The summed E-state index contributed by atoms with van der Waals surface area (Å²) in [5, 5.41) is 5.08. The van der Waals surface area contributed by atoms with Crippen LogP contribution < -0.4 is 5.01 Å². The lowest BCUT2D eigenvalue weighted by Crippen LogP contribution is -2.20. The second-order valence-corrected chi connectivity index (χ2v) is 3.17. The van der Waals surface area contributed by atoms with E-state index >= 15 is 0 Å². The van der Waals surface area contributed by atoms with Gasteiger partial charge in [0.15, 0.2) is 0 Å². The van der Waals surface area contributed by atoms with Crippen molar-refractivity contribution in [2.24, 2.45) is 5.10 Å². The Morgan fingerprint density at radius 1 is 1.43 bits per heavy atom. The molecule has 1 aliphatic rings. The van der Waals surface area contributed by atoms with Gasteiger partial charge >= 0.3 is 0 Å². The van der Waals surface area contributed by atoms with Crippen molar-refractivity contribution < 1.29 is 9.18 Å². The molecular formula is C10H9FN2O. The Kier molecular flexibility index (Phi) is 2.04. The van der Waals surface area contributed by atoms with Gasteiger partial charge in [0.2, 0.25) is 0 Å². The van der Waals surface area contributed by atoms with Gasteiger partial charge in [0, 0.05) is 5.71 Å². The van der Waals surface area contributed by atoms with Gasteiger partial charge in [-0.2, -0.15) is 10.1 Å². The van der Waals surface area contributed by atoms with Crippen LogP contribution in [-0.2, 0) is 4.79 Å². The monoisotopic (exact) mass is 192 g/mol. The molecule has 0 fully saturated rings. The Bertz CT molecular complexity index is 414. The number of carbonyl (C=O) groups is 1. The number of para-hydroxylation sites is 1. The lowest BCUT2D eigenvalue weighted by molar-refractivity contribution is -0.116. The first-order valence-corrected chi connectivity index (χ1v) is 4.30. The lowest BCUT2D eigenvalue weighted by atomic mass is 10.2. The van der Waals surface area contributed by atoms with E-state index in [9.17, 15) is 9.18 Å². The number of benzene rings is 1. The van der Waals surface area contributed by atoms with Crippen LogP contribution in [0, 0.1) is 5.82 Å². The normalized spacial score (nSPS) is 16.0. The number of carbonyl (C=O) groups excluding carboxylic acids is 1. The Morgan fingerprint density at radius 2 is 2.14 bits per heavy atom. The summed E-state index contributed by atoms with van der Waals surface area (Å²) in [6, 6.07) is 6.10. The highest BCUT2D eigenvalue weighted by molar-refractivity contribution is 6.12. The first kappa shape index (κ1) is 8.87. The fourth-order valence-corrected chi connectivity index (χ4v) is 1.37. The van der Waals surface area contributed by atoms with Gasteiger partial charge < -0.3 is 0 Å². The summed E-state index contributed by atoms with van der Waals surface area (Å²) in [6.07, 6.45) is 0.272. The topological polar surface area (TPSA) is 32.7 Å². The summed E-state index contributed by atoms with van der Waals surface area (Å²) in [5.74, 6) is -0.619. The van der Waals surface area contributed by atoms with E-state index in [0.29, 0.717) is 5.71 Å². The van der Waals surface area contributed by atoms with Crippen LogP contribution in [0.4, 0.5) is 10.1 Å². The molecule has 14 heavy (non-hydrogen) atoms. The smallest absolute Gasteiger partial charge is 0.253 e. The quantitative estimate of drug-likeness (QED) is 0.669. The minimum absolute atomic E-state index is 0.187. The maximum absolute atomic E-state index is 13.3. The van der Waals surface area contributed by atoms with Crippen LogP contribution >= 0.6 is 0 Å². The van der Waals surface area contributed by atoms with Crippen molar-refractivity contribution in [1.82, 2.24) is 0 Å². The molecule has 0 aliphatic carbocycles. The number of nitrogens with zero attached hydrogens (tertiary/aromatic N) is 2. The van der Waals surface area contributed by atoms with Crippen LogP contribution in [0.3, 0.4) is 0 Å². The van der Waals surface area contributed by atoms with Gasteiger partial charge in [-0.25, -0.2) is 4.39 Å². The second-order valence-electron chi connectivity index (χ2n) is 3.17. The molecule has 0 atom stereocenters. The molecule has 0 spiro atoms. The number of hydrogen-bond donors (Lipinski definition) is 0. The number of amides is 1. The van der Waals surface area contributed by atoms with E-state index in [1.165, 1.54) is 12.1 Å². The van der Waals surface area contributed by atoms with Gasteiger partial charge in [-0.1, -0.05) is 12.1 Å². The molecule has 1 aromatic carbocycles. The summed E-state index contributed by atoms with van der Waals surface area (Å²) >= 11 is 0. The lowest BCUT2D eigenvalue weighted by Gasteiger charge is -2.11. The van der Waals surface area contributed by atoms with Crippen LogP contribution in [0.1, 0.15) is 13.3 Å². The molecule has 1 amide bonds. The Balaban J connectivity index is 2.41. The van der Waals surface area contributed by atoms with Crippen LogP contribution in [0.15, 0.2) is 29.4 Å². The van der Waals surface area contributed by atoms with E-state index in [1.807, 2.05) is 0 Å². The third-order valence-electron chi connectivity index (χ3n) is 1.99. The minimum Gasteiger partial charge on any atom is -0.272 e.